The average Bonchev–Trinajstić information content (AvgIpc) is 2.16. The van der Waals surface area contributed by atoms with E-state index in [4.69, 9.17) is 15.3 Å². The van der Waals surface area contributed by atoms with Gasteiger partial charge in [-0.2, -0.15) is 0 Å². The van der Waals surface area contributed by atoms with E-state index in [0.29, 0.717) is 0 Å². The Morgan fingerprint density at radius 1 is 1.43 bits per heavy atom. The lowest BCUT2D eigenvalue weighted by atomic mass is 10.1. The highest BCUT2D eigenvalue weighted by molar-refractivity contribution is 5.43. The topological polar surface area (TPSA) is 104 Å². The number of nitro groups is 1. The van der Waals surface area contributed by atoms with Crippen molar-refractivity contribution in [1.29, 1.82) is 0 Å². The van der Waals surface area contributed by atoms with Crippen molar-refractivity contribution in [2.75, 3.05) is 0 Å². The molecule has 0 aliphatic rings. The summed E-state index contributed by atoms with van der Waals surface area (Å²) in [5.74, 6) is 0. The Morgan fingerprint density at radius 2 is 2.07 bits per heavy atom. The Balaban J connectivity index is 3.21. The quantitative estimate of drug-likeness (QED) is 0.363. The molecule has 0 atom stereocenters. The van der Waals surface area contributed by atoms with Gasteiger partial charge in [-0.15, -0.1) is 0 Å². The van der Waals surface area contributed by atoms with E-state index < -0.39 is 17.8 Å². The summed E-state index contributed by atoms with van der Waals surface area (Å²) in [7, 11) is 0. The minimum absolute atomic E-state index is 0.0221. The molecule has 14 heavy (non-hydrogen) atoms. The van der Waals surface area contributed by atoms with Crippen LogP contribution in [0.25, 0.3) is 0 Å². The second kappa shape index (κ2) is 4.14. The van der Waals surface area contributed by atoms with E-state index in [1.165, 1.54) is 12.1 Å². The van der Waals surface area contributed by atoms with Gasteiger partial charge in [0.2, 0.25) is 0 Å². The highest BCUT2D eigenvalue weighted by atomic mass is 16.6. The van der Waals surface area contributed by atoms with Gasteiger partial charge < -0.3 is 15.3 Å². The molecule has 1 aromatic rings. The van der Waals surface area contributed by atoms with Crippen LogP contribution < -0.4 is 0 Å². The summed E-state index contributed by atoms with van der Waals surface area (Å²) < 4.78 is 0. The number of hydrogen-bond acceptors (Lipinski definition) is 5. The smallest absolute Gasteiger partial charge is 0.275 e. The lowest BCUT2D eigenvalue weighted by Gasteiger charge is -2.05. The van der Waals surface area contributed by atoms with E-state index in [-0.39, 0.29) is 16.8 Å². The van der Waals surface area contributed by atoms with Crippen molar-refractivity contribution in [2.45, 2.75) is 12.9 Å². The largest absolute Gasteiger partial charge is 0.391 e. The summed E-state index contributed by atoms with van der Waals surface area (Å²) >= 11 is 0. The standard InChI is InChI=1S/C8H9NO5/c10-4-6-2-1-5(8(11)12)3-7(6)9(13)14/h1-3,8,10-12H,4H2. The van der Waals surface area contributed by atoms with Crippen molar-refractivity contribution in [1.82, 2.24) is 0 Å². The molecule has 6 heteroatoms. The van der Waals surface area contributed by atoms with Gasteiger partial charge in [-0.25, -0.2) is 0 Å². The van der Waals surface area contributed by atoms with Gasteiger partial charge in [-0.05, 0) is 6.07 Å². The predicted octanol–water partition coefficient (Wildman–Crippen LogP) is 0.0703. The molecule has 1 rings (SSSR count). The van der Waals surface area contributed by atoms with E-state index in [0.717, 1.165) is 6.07 Å². The van der Waals surface area contributed by atoms with Gasteiger partial charge in [0.05, 0.1) is 17.1 Å². The summed E-state index contributed by atoms with van der Waals surface area (Å²) in [5, 5.41) is 36.8. The molecular weight excluding hydrogens is 190 g/mol. The molecule has 0 aliphatic carbocycles. The lowest BCUT2D eigenvalue weighted by molar-refractivity contribution is -0.386. The average molecular weight is 199 g/mol. The molecule has 76 valence electrons. The maximum atomic E-state index is 10.5. The fraction of sp³-hybridized carbons (Fsp3) is 0.250. The van der Waals surface area contributed by atoms with Gasteiger partial charge in [0, 0.05) is 11.6 Å². The van der Waals surface area contributed by atoms with Gasteiger partial charge in [-0.3, -0.25) is 10.1 Å². The second-order valence-electron chi connectivity index (χ2n) is 2.68. The first-order chi connectivity index (χ1) is 6.56. The van der Waals surface area contributed by atoms with Gasteiger partial charge in [-0.1, -0.05) is 6.07 Å². The van der Waals surface area contributed by atoms with E-state index in [1.54, 1.807) is 0 Å². The van der Waals surface area contributed by atoms with Crippen LogP contribution >= 0.6 is 0 Å². The second-order valence-corrected chi connectivity index (χ2v) is 2.68. The van der Waals surface area contributed by atoms with Crippen LogP contribution in [0, 0.1) is 10.1 Å². The Hall–Kier alpha value is -1.50. The van der Waals surface area contributed by atoms with E-state index in [2.05, 4.69) is 0 Å². The molecule has 0 unspecified atom stereocenters. The molecule has 0 aromatic heterocycles. The maximum Gasteiger partial charge on any atom is 0.275 e. The fourth-order valence-electron chi connectivity index (χ4n) is 1.05. The molecule has 0 radical (unpaired) electrons. The Morgan fingerprint density at radius 3 is 2.50 bits per heavy atom. The Kier molecular flexibility index (Phi) is 3.13. The van der Waals surface area contributed by atoms with Gasteiger partial charge >= 0.3 is 0 Å². The first-order valence-corrected chi connectivity index (χ1v) is 3.80. The van der Waals surface area contributed by atoms with E-state index in [9.17, 15) is 10.1 Å². The zero-order valence-corrected chi connectivity index (χ0v) is 7.12. The summed E-state index contributed by atoms with van der Waals surface area (Å²) in [6, 6.07) is 3.62. The molecule has 0 spiro atoms. The summed E-state index contributed by atoms with van der Waals surface area (Å²) in [6.45, 7) is -0.460. The normalized spacial score (nSPS) is 10.6. The zero-order chi connectivity index (χ0) is 10.7. The minimum Gasteiger partial charge on any atom is -0.391 e. The summed E-state index contributed by atoms with van der Waals surface area (Å²) in [4.78, 5) is 9.80. The molecule has 0 amide bonds. The number of nitro benzene ring substituents is 1. The third-order valence-corrected chi connectivity index (χ3v) is 1.77. The number of aliphatic hydroxyl groups excluding tert-OH is 2. The third kappa shape index (κ3) is 2.05. The van der Waals surface area contributed by atoms with Crippen LogP contribution in [0.1, 0.15) is 17.4 Å². The molecule has 6 nitrogen and oxygen atoms in total. The molecular formula is C8H9NO5. The molecule has 0 bridgehead atoms. The molecule has 3 N–H and O–H groups in total. The van der Waals surface area contributed by atoms with Crippen LogP contribution in [0.5, 0.6) is 0 Å². The highest BCUT2D eigenvalue weighted by Crippen LogP contribution is 2.22. The first kappa shape index (κ1) is 10.6. The molecule has 0 heterocycles. The summed E-state index contributed by atoms with van der Waals surface area (Å²) in [6.07, 6.45) is -1.75. The number of hydrogen-bond donors (Lipinski definition) is 3. The number of rotatable bonds is 3. The van der Waals surface area contributed by atoms with Crippen LogP contribution in [0.15, 0.2) is 18.2 Å². The maximum absolute atomic E-state index is 10.5. The monoisotopic (exact) mass is 199 g/mol. The number of aliphatic hydroxyl groups is 3. The van der Waals surface area contributed by atoms with Crippen LogP contribution in [-0.2, 0) is 6.61 Å². The molecule has 0 aliphatic heterocycles. The van der Waals surface area contributed by atoms with E-state index >= 15 is 0 Å². The van der Waals surface area contributed by atoms with E-state index in [1.807, 2.05) is 0 Å². The van der Waals surface area contributed by atoms with Gasteiger partial charge in [0.1, 0.15) is 0 Å². The van der Waals surface area contributed by atoms with Crippen molar-refractivity contribution in [3.8, 4) is 0 Å². The summed E-state index contributed by atoms with van der Waals surface area (Å²) in [5.41, 5.74) is -0.161. The van der Waals surface area contributed by atoms with Crippen molar-refractivity contribution in [3.63, 3.8) is 0 Å². The van der Waals surface area contributed by atoms with Crippen LogP contribution in [0.4, 0.5) is 5.69 Å². The minimum atomic E-state index is -1.75. The van der Waals surface area contributed by atoms with Crippen molar-refractivity contribution in [2.24, 2.45) is 0 Å². The molecule has 0 saturated heterocycles. The molecule has 0 saturated carbocycles. The fourth-order valence-corrected chi connectivity index (χ4v) is 1.05. The first-order valence-electron chi connectivity index (χ1n) is 3.80. The van der Waals surface area contributed by atoms with Crippen molar-refractivity contribution in [3.05, 3.63) is 39.4 Å². The SMILES string of the molecule is O=[N+]([O-])c1cc(C(O)O)ccc1CO. The van der Waals surface area contributed by atoms with Gasteiger partial charge in [0.15, 0.2) is 6.29 Å². The number of benzene rings is 1. The van der Waals surface area contributed by atoms with Crippen LogP contribution in [0.3, 0.4) is 0 Å². The van der Waals surface area contributed by atoms with Crippen molar-refractivity contribution < 1.29 is 20.2 Å². The Labute approximate surface area is 79.2 Å². The van der Waals surface area contributed by atoms with Crippen LogP contribution in [-0.4, -0.2) is 20.2 Å². The third-order valence-electron chi connectivity index (χ3n) is 1.77. The molecule has 1 aromatic carbocycles. The van der Waals surface area contributed by atoms with Crippen LogP contribution in [0.2, 0.25) is 0 Å². The zero-order valence-electron chi connectivity index (χ0n) is 7.12. The lowest BCUT2D eigenvalue weighted by Crippen LogP contribution is -2.00. The predicted molar refractivity (Wildman–Crippen MR) is 46.2 cm³/mol. The Bertz CT molecular complexity index is 350. The van der Waals surface area contributed by atoms with Gasteiger partial charge in [0.25, 0.3) is 5.69 Å². The molecule has 0 fully saturated rings. The van der Waals surface area contributed by atoms with Crippen molar-refractivity contribution >= 4 is 5.69 Å². The highest BCUT2D eigenvalue weighted by Gasteiger charge is 2.15. The number of nitrogens with zero attached hydrogens (tertiary/aromatic N) is 1.